The molecule has 0 amide bonds. The third kappa shape index (κ3) is 4.65. The standard InChI is InChI=1S/C17H25N5O2/c1-12(2)11-22-8-7-19-16(22)10-20-17(18)21-13-5-6-14(23-3)15(9-13)24-4/h5-9,12H,10-11H2,1-4H3,(H3,18,20,21). The first-order valence-corrected chi connectivity index (χ1v) is 7.82. The molecule has 0 unspecified atom stereocenters. The number of nitrogens with two attached hydrogens (primary N) is 1. The van der Waals surface area contributed by atoms with Crippen LogP contribution in [0, 0.1) is 5.92 Å². The molecule has 0 aliphatic heterocycles. The highest BCUT2D eigenvalue weighted by Crippen LogP contribution is 2.29. The van der Waals surface area contributed by atoms with Crippen LogP contribution in [-0.2, 0) is 13.1 Å². The number of hydrogen-bond acceptors (Lipinski definition) is 4. The maximum atomic E-state index is 5.97. The summed E-state index contributed by atoms with van der Waals surface area (Å²) in [4.78, 5) is 8.69. The Morgan fingerprint density at radius 2 is 2.04 bits per heavy atom. The second kappa shape index (κ2) is 8.24. The van der Waals surface area contributed by atoms with Gasteiger partial charge in [-0.25, -0.2) is 9.98 Å². The second-order valence-electron chi connectivity index (χ2n) is 5.79. The molecule has 1 heterocycles. The maximum Gasteiger partial charge on any atom is 0.193 e. The molecule has 0 radical (unpaired) electrons. The number of aliphatic imine (C=N–C) groups is 1. The van der Waals surface area contributed by atoms with Gasteiger partial charge in [0.2, 0.25) is 0 Å². The van der Waals surface area contributed by atoms with Gasteiger partial charge in [0, 0.05) is 30.7 Å². The van der Waals surface area contributed by atoms with Gasteiger partial charge in [-0.2, -0.15) is 0 Å². The van der Waals surface area contributed by atoms with Crippen LogP contribution in [0.1, 0.15) is 19.7 Å². The van der Waals surface area contributed by atoms with Crippen LogP contribution in [0.2, 0.25) is 0 Å². The van der Waals surface area contributed by atoms with Crippen LogP contribution in [0.5, 0.6) is 11.5 Å². The van der Waals surface area contributed by atoms with Gasteiger partial charge in [0.1, 0.15) is 12.4 Å². The second-order valence-corrected chi connectivity index (χ2v) is 5.79. The summed E-state index contributed by atoms with van der Waals surface area (Å²) >= 11 is 0. The number of benzene rings is 1. The van der Waals surface area contributed by atoms with Crippen molar-refractivity contribution in [2.45, 2.75) is 26.9 Å². The molecule has 0 bridgehead atoms. The normalized spacial score (nSPS) is 11.6. The van der Waals surface area contributed by atoms with Gasteiger partial charge in [0.05, 0.1) is 14.2 Å². The summed E-state index contributed by atoms with van der Waals surface area (Å²) in [5.74, 6) is 3.04. The molecule has 0 spiro atoms. The van der Waals surface area contributed by atoms with Crippen molar-refractivity contribution in [3.63, 3.8) is 0 Å². The van der Waals surface area contributed by atoms with Gasteiger partial charge in [-0.15, -0.1) is 0 Å². The van der Waals surface area contributed by atoms with E-state index < -0.39 is 0 Å². The molecule has 0 aliphatic rings. The Morgan fingerprint density at radius 1 is 1.29 bits per heavy atom. The van der Waals surface area contributed by atoms with Gasteiger partial charge in [0.25, 0.3) is 0 Å². The number of guanidine groups is 1. The Bertz CT molecular complexity index is 694. The van der Waals surface area contributed by atoms with Gasteiger partial charge >= 0.3 is 0 Å². The zero-order chi connectivity index (χ0) is 17.5. The fourth-order valence-electron chi connectivity index (χ4n) is 2.31. The summed E-state index contributed by atoms with van der Waals surface area (Å²) < 4.78 is 12.6. The van der Waals surface area contributed by atoms with Crippen molar-refractivity contribution in [2.75, 3.05) is 19.5 Å². The summed E-state index contributed by atoms with van der Waals surface area (Å²) in [7, 11) is 3.19. The largest absolute Gasteiger partial charge is 0.493 e. The molecule has 0 fully saturated rings. The first-order valence-electron chi connectivity index (χ1n) is 7.82. The fraction of sp³-hybridized carbons (Fsp3) is 0.412. The molecular formula is C17H25N5O2. The molecule has 1 aromatic carbocycles. The minimum absolute atomic E-state index is 0.321. The Morgan fingerprint density at radius 3 is 2.71 bits per heavy atom. The molecule has 24 heavy (non-hydrogen) atoms. The molecule has 0 saturated carbocycles. The number of rotatable bonds is 7. The van der Waals surface area contributed by atoms with Crippen LogP contribution in [0.3, 0.4) is 0 Å². The van der Waals surface area contributed by atoms with E-state index in [2.05, 4.69) is 33.7 Å². The van der Waals surface area contributed by atoms with Crippen molar-refractivity contribution < 1.29 is 9.47 Å². The number of imidazole rings is 1. The predicted octanol–water partition coefficient (Wildman–Crippen LogP) is 2.48. The van der Waals surface area contributed by atoms with Crippen LogP contribution < -0.4 is 20.5 Å². The quantitative estimate of drug-likeness (QED) is 0.601. The van der Waals surface area contributed by atoms with E-state index in [1.54, 1.807) is 26.5 Å². The number of anilines is 1. The van der Waals surface area contributed by atoms with Crippen molar-refractivity contribution in [2.24, 2.45) is 16.6 Å². The van der Waals surface area contributed by atoms with Crippen molar-refractivity contribution in [1.29, 1.82) is 0 Å². The highest BCUT2D eigenvalue weighted by atomic mass is 16.5. The topological polar surface area (TPSA) is 86.7 Å². The number of hydrogen-bond donors (Lipinski definition) is 2. The molecule has 7 nitrogen and oxygen atoms in total. The van der Waals surface area contributed by atoms with E-state index in [-0.39, 0.29) is 0 Å². The summed E-state index contributed by atoms with van der Waals surface area (Å²) in [5, 5.41) is 3.05. The first-order chi connectivity index (χ1) is 11.5. The summed E-state index contributed by atoms with van der Waals surface area (Å²) in [5.41, 5.74) is 6.74. The lowest BCUT2D eigenvalue weighted by Gasteiger charge is -2.11. The van der Waals surface area contributed by atoms with Crippen LogP contribution >= 0.6 is 0 Å². The molecular weight excluding hydrogens is 306 g/mol. The minimum Gasteiger partial charge on any atom is -0.493 e. The van der Waals surface area contributed by atoms with E-state index in [9.17, 15) is 0 Å². The maximum absolute atomic E-state index is 5.97. The molecule has 0 saturated heterocycles. The Hall–Kier alpha value is -2.70. The van der Waals surface area contributed by atoms with E-state index in [4.69, 9.17) is 15.2 Å². The Kier molecular flexibility index (Phi) is 6.06. The fourth-order valence-corrected chi connectivity index (χ4v) is 2.31. The summed E-state index contributed by atoms with van der Waals surface area (Å²) in [6, 6.07) is 5.47. The number of nitrogens with one attached hydrogen (secondary N) is 1. The minimum atomic E-state index is 0.321. The van der Waals surface area contributed by atoms with E-state index in [0.717, 1.165) is 18.1 Å². The van der Waals surface area contributed by atoms with Gasteiger partial charge in [0.15, 0.2) is 17.5 Å². The van der Waals surface area contributed by atoms with Gasteiger partial charge < -0.3 is 25.1 Å². The highest BCUT2D eigenvalue weighted by Gasteiger charge is 2.06. The monoisotopic (exact) mass is 331 g/mol. The van der Waals surface area contributed by atoms with Crippen LogP contribution in [0.25, 0.3) is 0 Å². The number of ether oxygens (including phenoxy) is 2. The van der Waals surface area contributed by atoms with Crippen molar-refractivity contribution in [3.8, 4) is 11.5 Å². The van der Waals surface area contributed by atoms with E-state index in [0.29, 0.717) is 29.9 Å². The summed E-state index contributed by atoms with van der Waals surface area (Å²) in [6.45, 7) is 5.67. The van der Waals surface area contributed by atoms with Crippen LogP contribution in [0.15, 0.2) is 35.6 Å². The zero-order valence-corrected chi connectivity index (χ0v) is 14.6. The molecule has 3 N–H and O–H groups in total. The molecule has 1 aromatic heterocycles. The van der Waals surface area contributed by atoms with Crippen LogP contribution in [-0.4, -0.2) is 29.7 Å². The molecule has 130 valence electrons. The predicted molar refractivity (Wildman–Crippen MR) is 95.6 cm³/mol. The molecule has 7 heteroatoms. The number of nitrogens with zero attached hydrogens (tertiary/aromatic N) is 3. The lowest BCUT2D eigenvalue weighted by atomic mass is 10.2. The van der Waals surface area contributed by atoms with Crippen molar-refractivity contribution in [3.05, 3.63) is 36.4 Å². The van der Waals surface area contributed by atoms with E-state index >= 15 is 0 Å². The zero-order valence-electron chi connectivity index (χ0n) is 14.6. The van der Waals surface area contributed by atoms with Gasteiger partial charge in [-0.3, -0.25) is 0 Å². The average molecular weight is 331 g/mol. The first kappa shape index (κ1) is 17.7. The number of methoxy groups -OCH3 is 2. The lowest BCUT2D eigenvalue weighted by Crippen LogP contribution is -2.23. The highest BCUT2D eigenvalue weighted by molar-refractivity contribution is 5.92. The Balaban J connectivity index is 2.03. The SMILES string of the molecule is COc1ccc(NC(N)=NCc2nccn2CC(C)C)cc1OC. The average Bonchev–Trinajstić information content (AvgIpc) is 2.99. The van der Waals surface area contributed by atoms with Crippen molar-refractivity contribution in [1.82, 2.24) is 9.55 Å². The Labute approximate surface area is 142 Å². The molecule has 0 atom stereocenters. The van der Waals surface area contributed by atoms with Gasteiger partial charge in [-0.1, -0.05) is 13.8 Å². The molecule has 2 rings (SSSR count). The third-order valence-corrected chi connectivity index (χ3v) is 3.41. The smallest absolute Gasteiger partial charge is 0.193 e. The molecule has 2 aromatic rings. The van der Waals surface area contributed by atoms with E-state index in [1.807, 2.05) is 18.3 Å². The van der Waals surface area contributed by atoms with Crippen LogP contribution in [0.4, 0.5) is 5.69 Å². The lowest BCUT2D eigenvalue weighted by molar-refractivity contribution is 0.355. The number of aromatic nitrogens is 2. The third-order valence-electron chi connectivity index (χ3n) is 3.41. The summed E-state index contributed by atoms with van der Waals surface area (Å²) in [6.07, 6.45) is 3.74. The van der Waals surface area contributed by atoms with Crippen molar-refractivity contribution >= 4 is 11.6 Å². The van der Waals surface area contributed by atoms with Gasteiger partial charge in [-0.05, 0) is 18.1 Å². The molecule has 0 aliphatic carbocycles. The van der Waals surface area contributed by atoms with E-state index in [1.165, 1.54) is 0 Å².